The molecule has 12 heteroatoms. The van der Waals surface area contributed by atoms with Gasteiger partial charge in [-0.3, -0.25) is 14.5 Å². The SMILES string of the molecule is CCOc1ccc(NC(=O)Cc2csc(N3CCCC3=O)n2)cc1S(=O)(=O)N1CCOCC1. The summed E-state index contributed by atoms with van der Waals surface area (Å²) in [4.78, 5) is 30.6. The summed E-state index contributed by atoms with van der Waals surface area (Å²) in [6.45, 7) is 3.91. The summed E-state index contributed by atoms with van der Waals surface area (Å²) in [7, 11) is -3.81. The first-order valence-electron chi connectivity index (χ1n) is 10.8. The van der Waals surface area contributed by atoms with Crippen molar-refractivity contribution in [1.29, 1.82) is 0 Å². The van der Waals surface area contributed by atoms with Crippen LogP contribution in [-0.2, 0) is 30.8 Å². The van der Waals surface area contributed by atoms with E-state index in [1.165, 1.54) is 21.7 Å². The molecule has 2 amide bonds. The number of benzene rings is 1. The fraction of sp³-hybridized carbons (Fsp3) is 0.476. The fourth-order valence-electron chi connectivity index (χ4n) is 3.71. The summed E-state index contributed by atoms with van der Waals surface area (Å²) in [5, 5.41) is 5.10. The number of aromatic nitrogens is 1. The highest BCUT2D eigenvalue weighted by Crippen LogP contribution is 2.31. The molecule has 1 aromatic heterocycles. The summed E-state index contributed by atoms with van der Waals surface area (Å²) < 4.78 is 38.6. The molecule has 2 saturated heterocycles. The van der Waals surface area contributed by atoms with Crippen LogP contribution >= 0.6 is 11.3 Å². The van der Waals surface area contributed by atoms with Crippen molar-refractivity contribution in [2.45, 2.75) is 31.1 Å². The van der Waals surface area contributed by atoms with Crippen molar-refractivity contribution >= 4 is 44.0 Å². The maximum absolute atomic E-state index is 13.2. The van der Waals surface area contributed by atoms with E-state index in [0.29, 0.717) is 49.3 Å². The zero-order chi connectivity index (χ0) is 23.4. The summed E-state index contributed by atoms with van der Waals surface area (Å²) in [6, 6.07) is 4.58. The lowest BCUT2D eigenvalue weighted by Crippen LogP contribution is -2.40. The number of carbonyl (C=O) groups excluding carboxylic acids is 2. The van der Waals surface area contributed by atoms with Gasteiger partial charge in [-0.15, -0.1) is 11.3 Å². The molecule has 2 aliphatic rings. The first kappa shape index (κ1) is 23.6. The van der Waals surface area contributed by atoms with Gasteiger partial charge in [-0.1, -0.05) is 0 Å². The Labute approximate surface area is 196 Å². The van der Waals surface area contributed by atoms with Crippen LogP contribution in [0.1, 0.15) is 25.5 Å². The molecule has 4 rings (SSSR count). The number of carbonyl (C=O) groups is 2. The van der Waals surface area contributed by atoms with Gasteiger partial charge in [0.15, 0.2) is 5.13 Å². The molecular weight excluding hydrogens is 468 g/mol. The molecule has 1 N–H and O–H groups in total. The van der Waals surface area contributed by atoms with E-state index in [1.807, 2.05) is 0 Å². The molecule has 2 fully saturated rings. The quantitative estimate of drug-likeness (QED) is 0.595. The van der Waals surface area contributed by atoms with Crippen molar-refractivity contribution in [3.63, 3.8) is 0 Å². The molecule has 0 aliphatic carbocycles. The Balaban J connectivity index is 1.49. The monoisotopic (exact) mass is 494 g/mol. The second-order valence-corrected chi connectivity index (χ2v) is 10.3. The van der Waals surface area contributed by atoms with Crippen LogP contribution in [0.15, 0.2) is 28.5 Å². The van der Waals surface area contributed by atoms with Gasteiger partial charge >= 0.3 is 0 Å². The van der Waals surface area contributed by atoms with E-state index in [0.717, 1.165) is 6.42 Å². The molecule has 0 radical (unpaired) electrons. The highest BCUT2D eigenvalue weighted by molar-refractivity contribution is 7.89. The molecule has 33 heavy (non-hydrogen) atoms. The summed E-state index contributed by atoms with van der Waals surface area (Å²) in [5.74, 6) is -0.0522. The van der Waals surface area contributed by atoms with Gasteiger partial charge in [0, 0.05) is 37.1 Å². The standard InChI is InChI=1S/C21H26N4O6S2/c1-2-31-17-6-5-15(12-18(17)33(28,29)24-8-10-30-11-9-24)22-19(26)13-16-14-32-21(23-16)25-7-3-4-20(25)27/h5-6,12,14H,2-4,7-11,13H2,1H3,(H,22,26). The number of nitrogens with one attached hydrogen (secondary N) is 1. The second kappa shape index (κ2) is 10.2. The van der Waals surface area contributed by atoms with E-state index in [2.05, 4.69) is 10.3 Å². The van der Waals surface area contributed by atoms with Gasteiger partial charge in [-0.05, 0) is 31.5 Å². The number of morpholine rings is 1. The van der Waals surface area contributed by atoms with Crippen molar-refractivity contribution < 1.29 is 27.5 Å². The first-order chi connectivity index (χ1) is 15.9. The Bertz CT molecular complexity index is 1130. The topological polar surface area (TPSA) is 118 Å². The second-order valence-electron chi connectivity index (χ2n) is 7.61. The van der Waals surface area contributed by atoms with Crippen molar-refractivity contribution in [3.8, 4) is 5.75 Å². The molecule has 0 bridgehead atoms. The molecular formula is C21H26N4O6S2. The van der Waals surface area contributed by atoms with Crippen LogP contribution in [0.2, 0.25) is 0 Å². The zero-order valence-corrected chi connectivity index (χ0v) is 19.9. The summed E-state index contributed by atoms with van der Waals surface area (Å²) in [5.41, 5.74) is 0.903. The van der Waals surface area contributed by atoms with E-state index >= 15 is 0 Å². The highest BCUT2D eigenvalue weighted by atomic mass is 32.2. The minimum atomic E-state index is -3.81. The third kappa shape index (κ3) is 5.35. The molecule has 0 unspecified atom stereocenters. The number of anilines is 2. The summed E-state index contributed by atoms with van der Waals surface area (Å²) >= 11 is 1.33. The van der Waals surface area contributed by atoms with E-state index < -0.39 is 10.0 Å². The van der Waals surface area contributed by atoms with Crippen LogP contribution in [0.5, 0.6) is 5.75 Å². The Kier molecular flexibility index (Phi) is 7.27. The fourth-order valence-corrected chi connectivity index (χ4v) is 6.14. The Morgan fingerprint density at radius 2 is 2.06 bits per heavy atom. The van der Waals surface area contributed by atoms with Gasteiger partial charge in [0.2, 0.25) is 21.8 Å². The molecule has 1 aromatic carbocycles. The van der Waals surface area contributed by atoms with E-state index in [-0.39, 0.29) is 42.0 Å². The molecule has 178 valence electrons. The smallest absolute Gasteiger partial charge is 0.246 e. The maximum Gasteiger partial charge on any atom is 0.246 e. The predicted molar refractivity (Wildman–Crippen MR) is 123 cm³/mol. The van der Waals surface area contributed by atoms with Gasteiger partial charge < -0.3 is 14.8 Å². The number of sulfonamides is 1. The lowest BCUT2D eigenvalue weighted by molar-refractivity contribution is -0.117. The first-order valence-corrected chi connectivity index (χ1v) is 13.1. The van der Waals surface area contributed by atoms with Crippen LogP contribution in [0, 0.1) is 0 Å². The largest absolute Gasteiger partial charge is 0.492 e. The van der Waals surface area contributed by atoms with Crippen molar-refractivity contribution in [1.82, 2.24) is 9.29 Å². The number of rotatable bonds is 8. The summed E-state index contributed by atoms with van der Waals surface area (Å²) in [6.07, 6.45) is 1.34. The third-order valence-corrected chi connectivity index (χ3v) is 8.13. The minimum absolute atomic E-state index is 0.00698. The van der Waals surface area contributed by atoms with Gasteiger partial charge in [0.25, 0.3) is 0 Å². The van der Waals surface area contributed by atoms with Crippen molar-refractivity contribution in [3.05, 3.63) is 29.3 Å². The number of amides is 2. The average molecular weight is 495 g/mol. The Morgan fingerprint density at radius 3 is 2.76 bits per heavy atom. The Morgan fingerprint density at radius 1 is 1.27 bits per heavy atom. The van der Waals surface area contributed by atoms with Gasteiger partial charge in [-0.2, -0.15) is 4.31 Å². The normalized spacial score (nSPS) is 17.4. The molecule has 2 aromatic rings. The molecule has 2 aliphatic heterocycles. The number of hydrogen-bond acceptors (Lipinski definition) is 8. The predicted octanol–water partition coefficient (Wildman–Crippen LogP) is 1.87. The molecule has 10 nitrogen and oxygen atoms in total. The van der Waals surface area contributed by atoms with E-state index in [4.69, 9.17) is 9.47 Å². The average Bonchev–Trinajstić information content (AvgIpc) is 3.44. The molecule has 0 atom stereocenters. The lowest BCUT2D eigenvalue weighted by Gasteiger charge is -2.27. The van der Waals surface area contributed by atoms with E-state index in [9.17, 15) is 18.0 Å². The van der Waals surface area contributed by atoms with E-state index in [1.54, 1.807) is 29.3 Å². The number of hydrogen-bond donors (Lipinski definition) is 1. The number of nitrogens with zero attached hydrogens (tertiary/aromatic N) is 3. The van der Waals surface area contributed by atoms with Crippen molar-refractivity contribution in [2.75, 3.05) is 49.7 Å². The molecule has 0 saturated carbocycles. The van der Waals surface area contributed by atoms with Gasteiger partial charge in [-0.25, -0.2) is 13.4 Å². The molecule has 0 spiro atoms. The lowest BCUT2D eigenvalue weighted by atomic mass is 10.2. The number of ether oxygens (including phenoxy) is 2. The van der Waals surface area contributed by atoms with Crippen LogP contribution in [-0.4, -0.2) is 69.0 Å². The van der Waals surface area contributed by atoms with Crippen LogP contribution in [0.25, 0.3) is 0 Å². The Hall–Kier alpha value is -2.54. The van der Waals surface area contributed by atoms with Crippen molar-refractivity contribution in [2.24, 2.45) is 0 Å². The van der Waals surface area contributed by atoms with Crippen LogP contribution in [0.4, 0.5) is 10.8 Å². The van der Waals surface area contributed by atoms with Gasteiger partial charge in [0.05, 0.1) is 31.9 Å². The molecule has 3 heterocycles. The zero-order valence-electron chi connectivity index (χ0n) is 18.3. The third-order valence-electron chi connectivity index (χ3n) is 5.30. The van der Waals surface area contributed by atoms with Gasteiger partial charge in [0.1, 0.15) is 10.6 Å². The maximum atomic E-state index is 13.2. The van der Waals surface area contributed by atoms with Crippen LogP contribution in [0.3, 0.4) is 0 Å². The minimum Gasteiger partial charge on any atom is -0.492 e. The number of thiazole rings is 1. The highest BCUT2D eigenvalue weighted by Gasteiger charge is 2.30. The van der Waals surface area contributed by atoms with Crippen LogP contribution < -0.4 is 15.0 Å².